The monoisotopic (exact) mass is 468 g/mol. The number of benzene rings is 2. The number of aromatic nitrogens is 4. The van der Waals surface area contributed by atoms with E-state index in [1.165, 1.54) is 10.1 Å². The summed E-state index contributed by atoms with van der Waals surface area (Å²) in [5.41, 5.74) is 1.59. The summed E-state index contributed by atoms with van der Waals surface area (Å²) in [5.74, 6) is 0.575. The molecule has 0 fully saturated rings. The predicted octanol–water partition coefficient (Wildman–Crippen LogP) is 3.34. The van der Waals surface area contributed by atoms with Crippen molar-refractivity contribution < 1.29 is 9.84 Å². The van der Waals surface area contributed by atoms with Gasteiger partial charge >= 0.3 is 11.7 Å². The van der Waals surface area contributed by atoms with Crippen LogP contribution in [0.4, 0.5) is 0 Å². The van der Waals surface area contributed by atoms with Gasteiger partial charge in [-0.2, -0.15) is 4.98 Å². The molecule has 4 aromatic rings. The Labute approximate surface area is 195 Å². The molecule has 172 valence electrons. The summed E-state index contributed by atoms with van der Waals surface area (Å²) in [6.07, 6.45) is 1.20. The van der Waals surface area contributed by atoms with E-state index in [0.29, 0.717) is 23.7 Å². The maximum Gasteiger partial charge on any atom is 0.332 e. The normalized spacial score (nSPS) is 11.3. The number of fused-ring (bicyclic) bond motifs is 1. The average Bonchev–Trinajstić information content (AvgIpc) is 3.17. The molecule has 0 saturated heterocycles. The van der Waals surface area contributed by atoms with Gasteiger partial charge in [0.05, 0.1) is 6.54 Å². The van der Waals surface area contributed by atoms with Crippen molar-refractivity contribution in [3.8, 4) is 11.8 Å². The molecular weight excluding hydrogens is 444 g/mol. The number of nitrogens with zero attached hydrogens (tertiary/aromatic N) is 4. The molecule has 0 aliphatic carbocycles. The van der Waals surface area contributed by atoms with E-state index < -0.39 is 11.2 Å². The number of imidazole rings is 1. The van der Waals surface area contributed by atoms with Crippen LogP contribution in [0.5, 0.6) is 11.8 Å². The van der Waals surface area contributed by atoms with Crippen LogP contribution in [0.15, 0.2) is 58.1 Å². The first-order chi connectivity index (χ1) is 15.9. The molecule has 0 aliphatic heterocycles. The van der Waals surface area contributed by atoms with Gasteiger partial charge in [0.1, 0.15) is 5.75 Å². The summed E-state index contributed by atoms with van der Waals surface area (Å²) < 4.78 is 10.2. The zero-order valence-corrected chi connectivity index (χ0v) is 19.2. The standard InChI is InChI=1S/C24H25ClN4O4/c1-3-16-7-11-19(12-8-16)33-23-26-21-20(29(23)15-17-5-9-18(25)10-6-17)22(31)28(13-4-14-30)24(32)27(21)2/h5-12,30H,3-4,13-15H2,1-2H3. The number of halogens is 1. The Bertz CT molecular complexity index is 1390. The van der Waals surface area contributed by atoms with Gasteiger partial charge in [0.2, 0.25) is 0 Å². The van der Waals surface area contributed by atoms with E-state index in [1.807, 2.05) is 36.4 Å². The maximum atomic E-state index is 13.4. The average molecular weight is 469 g/mol. The Hall–Kier alpha value is -3.36. The summed E-state index contributed by atoms with van der Waals surface area (Å²) in [7, 11) is 1.57. The van der Waals surface area contributed by atoms with Crippen molar-refractivity contribution in [2.24, 2.45) is 7.05 Å². The summed E-state index contributed by atoms with van der Waals surface area (Å²) in [6, 6.07) is 15.1. The van der Waals surface area contributed by atoms with E-state index >= 15 is 0 Å². The number of ether oxygens (including phenoxy) is 1. The third-order valence-corrected chi connectivity index (χ3v) is 5.78. The molecule has 9 heteroatoms. The van der Waals surface area contributed by atoms with Gasteiger partial charge in [-0.15, -0.1) is 0 Å². The lowest BCUT2D eigenvalue weighted by Gasteiger charge is -2.11. The molecule has 0 spiro atoms. The lowest BCUT2D eigenvalue weighted by Crippen LogP contribution is -2.39. The molecule has 8 nitrogen and oxygen atoms in total. The Morgan fingerprint density at radius 2 is 1.67 bits per heavy atom. The molecule has 0 bridgehead atoms. The minimum absolute atomic E-state index is 0.110. The Balaban J connectivity index is 1.90. The fraction of sp³-hybridized carbons (Fsp3) is 0.292. The number of aryl methyl sites for hydroxylation is 2. The Morgan fingerprint density at radius 3 is 2.30 bits per heavy atom. The Morgan fingerprint density at radius 1 is 1.00 bits per heavy atom. The molecule has 4 rings (SSSR count). The highest BCUT2D eigenvalue weighted by Gasteiger charge is 2.22. The fourth-order valence-electron chi connectivity index (χ4n) is 3.67. The van der Waals surface area contributed by atoms with Crippen molar-refractivity contribution >= 4 is 22.8 Å². The zero-order chi connectivity index (χ0) is 23.5. The first-order valence-corrected chi connectivity index (χ1v) is 11.1. The molecule has 2 aromatic carbocycles. The van der Waals surface area contributed by atoms with Gasteiger partial charge in [0.25, 0.3) is 5.56 Å². The van der Waals surface area contributed by atoms with Gasteiger partial charge in [0.15, 0.2) is 11.2 Å². The van der Waals surface area contributed by atoms with Crippen LogP contribution in [0.25, 0.3) is 11.2 Å². The van der Waals surface area contributed by atoms with Crippen molar-refractivity contribution in [1.29, 1.82) is 0 Å². The number of hydrogen-bond donors (Lipinski definition) is 1. The van der Waals surface area contributed by atoms with Gasteiger partial charge in [-0.05, 0) is 48.2 Å². The highest BCUT2D eigenvalue weighted by atomic mass is 35.5. The van der Waals surface area contributed by atoms with E-state index in [4.69, 9.17) is 16.3 Å². The smallest absolute Gasteiger partial charge is 0.332 e. The van der Waals surface area contributed by atoms with E-state index in [-0.39, 0.29) is 30.3 Å². The van der Waals surface area contributed by atoms with E-state index in [9.17, 15) is 14.7 Å². The summed E-state index contributed by atoms with van der Waals surface area (Å²) in [6.45, 7) is 2.35. The summed E-state index contributed by atoms with van der Waals surface area (Å²) in [4.78, 5) is 30.7. The molecule has 1 N–H and O–H groups in total. The maximum absolute atomic E-state index is 13.4. The van der Waals surface area contributed by atoms with Crippen LogP contribution >= 0.6 is 11.6 Å². The summed E-state index contributed by atoms with van der Waals surface area (Å²) >= 11 is 6.03. The lowest BCUT2D eigenvalue weighted by atomic mass is 10.2. The van der Waals surface area contributed by atoms with Gasteiger partial charge < -0.3 is 9.84 Å². The van der Waals surface area contributed by atoms with Crippen LogP contribution in [0.1, 0.15) is 24.5 Å². The molecular formula is C24H25ClN4O4. The Kier molecular flexibility index (Phi) is 6.67. The van der Waals surface area contributed by atoms with Crippen LogP contribution in [0.2, 0.25) is 5.02 Å². The van der Waals surface area contributed by atoms with Crippen molar-refractivity contribution in [2.45, 2.75) is 32.9 Å². The largest absolute Gasteiger partial charge is 0.425 e. The molecule has 33 heavy (non-hydrogen) atoms. The minimum atomic E-state index is -0.490. The second-order valence-corrected chi connectivity index (χ2v) is 8.19. The number of rotatable bonds is 8. The quantitative estimate of drug-likeness (QED) is 0.428. The molecule has 2 heterocycles. The van der Waals surface area contributed by atoms with Crippen LogP contribution in [-0.4, -0.2) is 30.4 Å². The molecule has 0 amide bonds. The second kappa shape index (κ2) is 9.64. The third-order valence-electron chi connectivity index (χ3n) is 5.53. The van der Waals surface area contributed by atoms with Crippen molar-refractivity contribution in [2.75, 3.05) is 6.61 Å². The number of aliphatic hydroxyl groups excluding tert-OH is 1. The minimum Gasteiger partial charge on any atom is -0.425 e. The van der Waals surface area contributed by atoms with Gasteiger partial charge in [0, 0.05) is 25.2 Å². The first kappa shape index (κ1) is 22.8. The van der Waals surface area contributed by atoms with Crippen LogP contribution in [0, 0.1) is 0 Å². The fourth-order valence-corrected chi connectivity index (χ4v) is 3.80. The van der Waals surface area contributed by atoms with Crippen molar-refractivity contribution in [1.82, 2.24) is 18.7 Å². The topological polar surface area (TPSA) is 91.3 Å². The number of aliphatic hydroxyl groups is 1. The molecule has 0 unspecified atom stereocenters. The molecule has 0 saturated carbocycles. The van der Waals surface area contributed by atoms with Gasteiger partial charge in [-0.1, -0.05) is 42.8 Å². The first-order valence-electron chi connectivity index (χ1n) is 10.7. The summed E-state index contributed by atoms with van der Waals surface area (Å²) in [5, 5.41) is 9.80. The highest BCUT2D eigenvalue weighted by molar-refractivity contribution is 6.30. The van der Waals surface area contributed by atoms with Crippen molar-refractivity contribution in [3.05, 3.63) is 85.5 Å². The molecule has 0 aliphatic rings. The number of hydrogen-bond acceptors (Lipinski definition) is 5. The van der Waals surface area contributed by atoms with Gasteiger partial charge in [-0.25, -0.2) is 4.79 Å². The lowest BCUT2D eigenvalue weighted by molar-refractivity contribution is 0.277. The van der Waals surface area contributed by atoms with E-state index in [2.05, 4.69) is 11.9 Å². The SMILES string of the molecule is CCc1ccc(Oc2nc3c(c(=O)n(CCCO)c(=O)n3C)n2Cc2ccc(Cl)cc2)cc1. The van der Waals surface area contributed by atoms with Crippen LogP contribution < -0.4 is 16.0 Å². The zero-order valence-electron chi connectivity index (χ0n) is 18.5. The molecule has 0 atom stereocenters. The van der Waals surface area contributed by atoms with Crippen LogP contribution in [-0.2, 0) is 26.6 Å². The van der Waals surface area contributed by atoms with Crippen molar-refractivity contribution in [3.63, 3.8) is 0 Å². The molecule has 2 aromatic heterocycles. The van der Waals surface area contributed by atoms with Crippen LogP contribution in [0.3, 0.4) is 0 Å². The van der Waals surface area contributed by atoms with E-state index in [0.717, 1.165) is 16.6 Å². The molecule has 0 radical (unpaired) electrons. The third kappa shape index (κ3) is 4.58. The predicted molar refractivity (Wildman–Crippen MR) is 127 cm³/mol. The highest BCUT2D eigenvalue weighted by Crippen LogP contribution is 2.26. The second-order valence-electron chi connectivity index (χ2n) is 7.75. The van der Waals surface area contributed by atoms with Gasteiger partial charge in [-0.3, -0.25) is 18.5 Å². The van der Waals surface area contributed by atoms with E-state index in [1.54, 1.807) is 23.7 Å².